The summed E-state index contributed by atoms with van der Waals surface area (Å²) in [6, 6.07) is 12.3. The molecule has 1 heterocycles. The largest absolute Gasteiger partial charge is 0.494 e. The highest BCUT2D eigenvalue weighted by Gasteiger charge is 2.12. The van der Waals surface area contributed by atoms with Crippen LogP contribution in [0.15, 0.2) is 52.4 Å². The minimum absolute atomic E-state index is 0.0502. The number of carbonyl (C=O) groups excluding carboxylic acids is 1. The van der Waals surface area contributed by atoms with E-state index in [2.05, 4.69) is 4.99 Å². The molecule has 1 aromatic heterocycles. The molecule has 0 radical (unpaired) electrons. The van der Waals surface area contributed by atoms with E-state index < -0.39 is 9.84 Å². The molecule has 0 unspecified atom stereocenters. The van der Waals surface area contributed by atoms with Gasteiger partial charge in [-0.25, -0.2) is 8.42 Å². The van der Waals surface area contributed by atoms with Crippen LogP contribution in [-0.2, 0) is 27.6 Å². The topological polar surface area (TPSA) is 77.7 Å². The van der Waals surface area contributed by atoms with Gasteiger partial charge in [0.2, 0.25) is 0 Å². The number of nitrogens with zero attached hydrogens (tertiary/aromatic N) is 2. The third kappa shape index (κ3) is 4.76. The number of thiazole rings is 1. The molecule has 8 heteroatoms. The molecule has 0 saturated carbocycles. The summed E-state index contributed by atoms with van der Waals surface area (Å²) in [5.41, 5.74) is 1.75. The van der Waals surface area contributed by atoms with Crippen LogP contribution in [0, 0.1) is 0 Å². The van der Waals surface area contributed by atoms with Gasteiger partial charge < -0.3 is 9.30 Å². The summed E-state index contributed by atoms with van der Waals surface area (Å²) < 4.78 is 32.4. The fourth-order valence-corrected chi connectivity index (χ4v) is 5.03. The number of carbonyl (C=O) groups is 1. The van der Waals surface area contributed by atoms with Crippen molar-refractivity contribution in [3.05, 3.63) is 52.8 Å². The Bertz CT molecular complexity index is 1190. The first-order valence-electron chi connectivity index (χ1n) is 9.53. The molecule has 6 nitrogen and oxygen atoms in total. The molecule has 1 amide bonds. The molecule has 3 rings (SSSR count). The number of fused-ring (bicyclic) bond motifs is 1. The second kappa shape index (κ2) is 8.92. The van der Waals surface area contributed by atoms with Crippen LogP contribution in [0.5, 0.6) is 5.75 Å². The highest BCUT2D eigenvalue weighted by molar-refractivity contribution is 7.91. The molecule has 0 fully saturated rings. The van der Waals surface area contributed by atoms with Gasteiger partial charge in [-0.3, -0.25) is 4.79 Å². The molecule has 0 bridgehead atoms. The van der Waals surface area contributed by atoms with Gasteiger partial charge in [-0.2, -0.15) is 4.99 Å². The predicted molar refractivity (Wildman–Crippen MR) is 115 cm³/mol. The Morgan fingerprint density at radius 2 is 1.83 bits per heavy atom. The standard InChI is InChI=1S/C21H24N2O4S2/c1-4-23-18-12-9-16(27-5-2)14-19(18)28-21(23)22-20(24)13-15-7-10-17(11-8-15)29(25,26)6-3/h7-12,14H,4-6,13H2,1-3H3. The molecule has 0 saturated heterocycles. The number of aromatic nitrogens is 1. The van der Waals surface area contributed by atoms with Crippen LogP contribution in [0.2, 0.25) is 0 Å². The second-order valence-electron chi connectivity index (χ2n) is 6.42. The van der Waals surface area contributed by atoms with E-state index in [1.165, 1.54) is 11.3 Å². The molecular formula is C21H24N2O4S2. The number of rotatable bonds is 7. The molecule has 0 aliphatic carbocycles. The van der Waals surface area contributed by atoms with Crippen molar-refractivity contribution in [2.45, 2.75) is 38.6 Å². The van der Waals surface area contributed by atoms with Crippen LogP contribution in [0.25, 0.3) is 10.2 Å². The Morgan fingerprint density at radius 3 is 2.45 bits per heavy atom. The number of benzene rings is 2. The summed E-state index contributed by atoms with van der Waals surface area (Å²) in [5.74, 6) is 0.577. The third-order valence-corrected chi connectivity index (χ3v) is 7.31. The maximum Gasteiger partial charge on any atom is 0.252 e. The van der Waals surface area contributed by atoms with Crippen LogP contribution in [0.3, 0.4) is 0 Å². The van der Waals surface area contributed by atoms with E-state index in [1.54, 1.807) is 31.2 Å². The molecule has 0 N–H and O–H groups in total. The molecule has 154 valence electrons. The van der Waals surface area contributed by atoms with Gasteiger partial charge in [0, 0.05) is 6.54 Å². The summed E-state index contributed by atoms with van der Waals surface area (Å²) in [4.78, 5) is 17.7. The third-order valence-electron chi connectivity index (χ3n) is 4.52. The van der Waals surface area contributed by atoms with Crippen molar-refractivity contribution in [1.29, 1.82) is 0 Å². The lowest BCUT2D eigenvalue weighted by molar-refractivity contribution is -0.117. The van der Waals surface area contributed by atoms with Gasteiger partial charge in [0.1, 0.15) is 5.75 Å². The van der Waals surface area contributed by atoms with E-state index in [0.717, 1.165) is 21.5 Å². The Balaban J connectivity index is 1.87. The summed E-state index contributed by atoms with van der Waals surface area (Å²) in [7, 11) is -3.24. The van der Waals surface area contributed by atoms with E-state index in [-0.39, 0.29) is 23.0 Å². The quantitative estimate of drug-likeness (QED) is 0.572. The maximum atomic E-state index is 12.5. The Kier molecular flexibility index (Phi) is 6.54. The smallest absolute Gasteiger partial charge is 0.252 e. The Morgan fingerprint density at radius 1 is 1.10 bits per heavy atom. The number of hydrogen-bond acceptors (Lipinski definition) is 5. The van der Waals surface area contributed by atoms with Crippen LogP contribution < -0.4 is 9.54 Å². The van der Waals surface area contributed by atoms with Crippen molar-refractivity contribution in [3.8, 4) is 5.75 Å². The van der Waals surface area contributed by atoms with E-state index >= 15 is 0 Å². The summed E-state index contributed by atoms with van der Waals surface area (Å²) in [5, 5.41) is 0. The zero-order valence-electron chi connectivity index (χ0n) is 16.7. The van der Waals surface area contributed by atoms with Gasteiger partial charge in [0.25, 0.3) is 5.91 Å². The zero-order chi connectivity index (χ0) is 21.0. The molecule has 29 heavy (non-hydrogen) atoms. The van der Waals surface area contributed by atoms with E-state index in [1.807, 2.05) is 36.6 Å². The zero-order valence-corrected chi connectivity index (χ0v) is 18.3. The lowest BCUT2D eigenvalue weighted by Gasteiger charge is -2.04. The second-order valence-corrected chi connectivity index (χ2v) is 9.71. The van der Waals surface area contributed by atoms with Crippen molar-refractivity contribution in [2.75, 3.05) is 12.4 Å². The fraction of sp³-hybridized carbons (Fsp3) is 0.333. The van der Waals surface area contributed by atoms with Crippen LogP contribution in [-0.4, -0.2) is 31.3 Å². The monoisotopic (exact) mass is 432 g/mol. The average Bonchev–Trinajstić information content (AvgIpc) is 3.04. The first kappa shape index (κ1) is 21.3. The molecular weight excluding hydrogens is 408 g/mol. The summed E-state index contributed by atoms with van der Waals surface area (Å²) in [6.45, 7) is 6.85. The summed E-state index contributed by atoms with van der Waals surface area (Å²) >= 11 is 1.45. The Labute approximate surface area is 174 Å². The number of ether oxygens (including phenoxy) is 1. The number of aryl methyl sites for hydroxylation is 1. The van der Waals surface area contributed by atoms with Gasteiger partial charge in [-0.1, -0.05) is 30.4 Å². The predicted octanol–water partition coefficient (Wildman–Crippen LogP) is 3.59. The molecule has 2 aromatic carbocycles. The molecule has 0 aliphatic rings. The van der Waals surface area contributed by atoms with E-state index in [4.69, 9.17) is 4.74 Å². The molecule has 0 atom stereocenters. The van der Waals surface area contributed by atoms with Gasteiger partial charge in [0.05, 0.1) is 33.9 Å². The van der Waals surface area contributed by atoms with Crippen molar-refractivity contribution in [1.82, 2.24) is 4.57 Å². The maximum absolute atomic E-state index is 12.5. The lowest BCUT2D eigenvalue weighted by Crippen LogP contribution is -2.16. The van der Waals surface area contributed by atoms with Gasteiger partial charge in [-0.05, 0) is 49.7 Å². The minimum atomic E-state index is -3.24. The fourth-order valence-electron chi connectivity index (χ4n) is 3.00. The molecule has 3 aromatic rings. The highest BCUT2D eigenvalue weighted by Crippen LogP contribution is 2.23. The highest BCUT2D eigenvalue weighted by atomic mass is 32.2. The lowest BCUT2D eigenvalue weighted by atomic mass is 10.1. The number of amides is 1. The Hall–Kier alpha value is -2.45. The van der Waals surface area contributed by atoms with Crippen molar-refractivity contribution >= 4 is 37.3 Å². The normalized spacial score (nSPS) is 12.4. The first-order chi connectivity index (χ1) is 13.9. The van der Waals surface area contributed by atoms with Crippen molar-refractivity contribution in [2.24, 2.45) is 4.99 Å². The minimum Gasteiger partial charge on any atom is -0.494 e. The SMILES string of the molecule is CCOc1ccc2c(c1)sc(=NC(=O)Cc1ccc(S(=O)(=O)CC)cc1)n2CC. The van der Waals surface area contributed by atoms with Crippen LogP contribution in [0.4, 0.5) is 0 Å². The van der Waals surface area contributed by atoms with Crippen LogP contribution in [0.1, 0.15) is 26.3 Å². The number of sulfone groups is 1. The molecule has 0 spiro atoms. The van der Waals surface area contributed by atoms with Gasteiger partial charge in [-0.15, -0.1) is 0 Å². The van der Waals surface area contributed by atoms with E-state index in [0.29, 0.717) is 18.0 Å². The van der Waals surface area contributed by atoms with Gasteiger partial charge in [0.15, 0.2) is 14.6 Å². The van der Waals surface area contributed by atoms with Crippen molar-refractivity contribution in [3.63, 3.8) is 0 Å². The van der Waals surface area contributed by atoms with Crippen LogP contribution >= 0.6 is 11.3 Å². The average molecular weight is 433 g/mol. The summed E-state index contributed by atoms with van der Waals surface area (Å²) in [6.07, 6.45) is 0.120. The van der Waals surface area contributed by atoms with E-state index in [9.17, 15) is 13.2 Å². The first-order valence-corrected chi connectivity index (χ1v) is 12.0. The van der Waals surface area contributed by atoms with Gasteiger partial charge >= 0.3 is 0 Å². The molecule has 0 aliphatic heterocycles. The van der Waals surface area contributed by atoms with Crippen molar-refractivity contribution < 1.29 is 17.9 Å². The number of hydrogen-bond donors (Lipinski definition) is 0.